The van der Waals surface area contributed by atoms with Crippen LogP contribution in [0.2, 0.25) is 5.02 Å². The largest absolute Gasteiger partial charge is 0.493 e. The van der Waals surface area contributed by atoms with Crippen molar-refractivity contribution >= 4 is 23.8 Å². The van der Waals surface area contributed by atoms with E-state index in [1.54, 1.807) is 11.8 Å². The van der Waals surface area contributed by atoms with Crippen LogP contribution in [0.4, 0.5) is 0 Å². The maximum atomic E-state index is 6.56. The first-order valence-corrected chi connectivity index (χ1v) is 10.9. The number of aromatic nitrogens is 3. The Morgan fingerprint density at radius 2 is 1.84 bits per heavy atom. The fraction of sp³-hybridized carbons (Fsp3) is 0.167. The second-order valence-corrected chi connectivity index (χ2v) is 8.01. The van der Waals surface area contributed by atoms with Crippen LogP contribution in [0.15, 0.2) is 66.7 Å². The van der Waals surface area contributed by atoms with Crippen molar-refractivity contribution in [2.24, 2.45) is 0 Å². The Labute approximate surface area is 196 Å². The highest BCUT2D eigenvalue weighted by atomic mass is 35.5. The summed E-state index contributed by atoms with van der Waals surface area (Å²) in [5, 5.41) is 7.65. The average Bonchev–Trinajstić information content (AvgIpc) is 3.18. The predicted molar refractivity (Wildman–Crippen MR) is 129 cm³/mol. The van der Waals surface area contributed by atoms with Gasteiger partial charge in [0, 0.05) is 5.56 Å². The van der Waals surface area contributed by atoms with Crippen molar-refractivity contribution in [2.45, 2.75) is 20.1 Å². The molecule has 1 aromatic heterocycles. The van der Waals surface area contributed by atoms with E-state index in [0.29, 0.717) is 40.3 Å². The van der Waals surface area contributed by atoms with Crippen LogP contribution in [0.5, 0.6) is 11.5 Å². The summed E-state index contributed by atoms with van der Waals surface area (Å²) in [5.41, 5.74) is 7.42. The normalized spacial score (nSPS) is 10.7. The number of halogens is 1. The van der Waals surface area contributed by atoms with Gasteiger partial charge in [-0.1, -0.05) is 66.2 Å². The topological polar surface area (TPSA) is 64.1 Å². The van der Waals surface area contributed by atoms with Gasteiger partial charge in [-0.15, -0.1) is 0 Å². The summed E-state index contributed by atoms with van der Waals surface area (Å²) in [6.07, 6.45) is 0. The monoisotopic (exact) mass is 466 g/mol. The van der Waals surface area contributed by atoms with Crippen LogP contribution >= 0.6 is 23.8 Å². The molecule has 2 N–H and O–H groups in total. The number of methoxy groups -OCH3 is 1. The number of aromatic amines is 1. The number of benzene rings is 3. The third kappa shape index (κ3) is 4.79. The van der Waals surface area contributed by atoms with Crippen LogP contribution in [0.3, 0.4) is 0 Å². The van der Waals surface area contributed by atoms with Crippen LogP contribution in [0.25, 0.3) is 11.4 Å². The van der Waals surface area contributed by atoms with Gasteiger partial charge in [-0.2, -0.15) is 5.10 Å². The van der Waals surface area contributed by atoms with Crippen LogP contribution < -0.4 is 14.9 Å². The highest BCUT2D eigenvalue weighted by Gasteiger charge is 2.14. The van der Waals surface area contributed by atoms with Gasteiger partial charge >= 0.3 is 0 Å². The Kier molecular flexibility index (Phi) is 6.78. The minimum Gasteiger partial charge on any atom is -0.493 e. The minimum atomic E-state index is 0.408. The summed E-state index contributed by atoms with van der Waals surface area (Å²) in [4.78, 5) is 0. The van der Waals surface area contributed by atoms with E-state index in [2.05, 4.69) is 28.6 Å². The lowest BCUT2D eigenvalue weighted by molar-refractivity contribution is 0.284. The molecule has 0 saturated carbocycles. The molecule has 1 heterocycles. The number of hydrogen-bond donors (Lipinski definition) is 2. The van der Waals surface area contributed by atoms with Crippen LogP contribution in [-0.4, -0.2) is 22.0 Å². The van der Waals surface area contributed by atoms with Gasteiger partial charge in [-0.05, 0) is 48.0 Å². The van der Waals surface area contributed by atoms with Crippen LogP contribution in [0.1, 0.15) is 16.7 Å². The fourth-order valence-electron chi connectivity index (χ4n) is 3.33. The van der Waals surface area contributed by atoms with E-state index in [4.69, 9.17) is 33.3 Å². The summed E-state index contributed by atoms with van der Waals surface area (Å²) >= 11 is 11.9. The number of hydrogen-bond acceptors (Lipinski definition) is 5. The maximum absolute atomic E-state index is 6.56. The molecule has 4 rings (SSSR count). The van der Waals surface area contributed by atoms with Crippen molar-refractivity contribution in [1.82, 2.24) is 14.9 Å². The van der Waals surface area contributed by atoms with E-state index < -0.39 is 0 Å². The molecule has 0 atom stereocenters. The smallest absolute Gasteiger partial charge is 0.214 e. The van der Waals surface area contributed by atoms with Gasteiger partial charge in [-0.25, -0.2) is 9.77 Å². The lowest BCUT2D eigenvalue weighted by atomic mass is 10.1. The van der Waals surface area contributed by atoms with Gasteiger partial charge < -0.3 is 14.9 Å². The minimum absolute atomic E-state index is 0.408. The Balaban J connectivity index is 1.52. The Bertz CT molecular complexity index is 1270. The molecule has 0 aliphatic rings. The van der Waals surface area contributed by atoms with Crippen molar-refractivity contribution in [3.63, 3.8) is 0 Å². The number of aryl methyl sites for hydroxylation is 1. The molecular formula is C24H23ClN4O2S. The number of ether oxygens (including phenoxy) is 2. The van der Waals surface area contributed by atoms with Crippen molar-refractivity contribution in [3.05, 3.63) is 93.2 Å². The molecule has 32 heavy (non-hydrogen) atoms. The lowest BCUT2D eigenvalue weighted by Gasteiger charge is -2.16. The third-order valence-corrected chi connectivity index (χ3v) is 5.62. The molecule has 0 fully saturated rings. The van der Waals surface area contributed by atoms with Gasteiger partial charge in [0.2, 0.25) is 4.77 Å². The number of nitrogens with one attached hydrogen (secondary N) is 2. The number of rotatable bonds is 8. The van der Waals surface area contributed by atoms with Crippen molar-refractivity contribution < 1.29 is 9.47 Å². The highest BCUT2D eigenvalue weighted by Crippen LogP contribution is 2.37. The molecule has 3 aromatic carbocycles. The molecule has 0 aliphatic heterocycles. The molecule has 0 spiro atoms. The Morgan fingerprint density at radius 3 is 2.59 bits per heavy atom. The van der Waals surface area contributed by atoms with E-state index in [1.807, 2.05) is 60.7 Å². The van der Waals surface area contributed by atoms with Crippen molar-refractivity contribution in [3.8, 4) is 22.9 Å². The average molecular weight is 467 g/mol. The second kappa shape index (κ2) is 9.89. The molecule has 0 saturated heterocycles. The molecule has 8 heteroatoms. The Morgan fingerprint density at radius 1 is 1.09 bits per heavy atom. The van der Waals surface area contributed by atoms with E-state index >= 15 is 0 Å². The zero-order valence-electron chi connectivity index (χ0n) is 17.8. The molecule has 4 aromatic rings. The first-order valence-electron chi connectivity index (χ1n) is 10.1. The van der Waals surface area contributed by atoms with Crippen LogP contribution in [0, 0.1) is 11.7 Å². The standard InChI is InChI=1S/C24H23ClN4O2S/c1-16-8-6-7-11-19(16)15-31-22-20(25)12-17(13-21(22)30-2)14-26-29-23(27-28-24(29)32)18-9-4-3-5-10-18/h3-13,26H,14-15H2,1-2H3,(H,28,32). The fourth-order valence-corrected chi connectivity index (χ4v) is 3.82. The molecule has 0 radical (unpaired) electrons. The summed E-state index contributed by atoms with van der Waals surface area (Å²) in [5.74, 6) is 1.79. The van der Waals surface area contributed by atoms with E-state index in [1.165, 1.54) is 0 Å². The summed E-state index contributed by atoms with van der Waals surface area (Å²) in [6.45, 7) is 2.92. The first-order chi connectivity index (χ1) is 15.6. The lowest BCUT2D eigenvalue weighted by Crippen LogP contribution is -2.16. The molecule has 0 amide bonds. The van der Waals surface area contributed by atoms with Crippen molar-refractivity contribution in [2.75, 3.05) is 12.5 Å². The number of nitrogens with zero attached hydrogens (tertiary/aromatic N) is 2. The van der Waals surface area contributed by atoms with Gasteiger partial charge in [0.15, 0.2) is 17.3 Å². The maximum Gasteiger partial charge on any atom is 0.214 e. The van der Waals surface area contributed by atoms with Crippen molar-refractivity contribution in [1.29, 1.82) is 0 Å². The second-order valence-electron chi connectivity index (χ2n) is 7.21. The molecular weight excluding hydrogens is 444 g/mol. The quantitative estimate of drug-likeness (QED) is 0.316. The van der Waals surface area contributed by atoms with Crippen LogP contribution in [-0.2, 0) is 13.2 Å². The van der Waals surface area contributed by atoms with E-state index in [9.17, 15) is 0 Å². The zero-order valence-corrected chi connectivity index (χ0v) is 19.3. The molecule has 164 valence electrons. The van der Waals surface area contributed by atoms with Gasteiger partial charge in [-0.3, -0.25) is 0 Å². The zero-order chi connectivity index (χ0) is 22.5. The molecule has 0 bridgehead atoms. The van der Waals surface area contributed by atoms with Gasteiger partial charge in [0.1, 0.15) is 6.61 Å². The third-order valence-electron chi connectivity index (χ3n) is 5.07. The predicted octanol–water partition coefficient (Wildman–Crippen LogP) is 5.90. The summed E-state index contributed by atoms with van der Waals surface area (Å²) in [7, 11) is 1.60. The molecule has 0 aliphatic carbocycles. The first kappa shape index (κ1) is 21.9. The molecule has 6 nitrogen and oxygen atoms in total. The van der Waals surface area contributed by atoms with Gasteiger partial charge in [0.05, 0.1) is 18.7 Å². The summed E-state index contributed by atoms with van der Waals surface area (Å²) in [6, 6.07) is 21.7. The summed E-state index contributed by atoms with van der Waals surface area (Å²) < 4.78 is 13.8. The highest BCUT2D eigenvalue weighted by molar-refractivity contribution is 7.71. The molecule has 0 unspecified atom stereocenters. The Hall–Kier alpha value is -3.29. The van der Waals surface area contributed by atoms with Gasteiger partial charge in [0.25, 0.3) is 0 Å². The van der Waals surface area contributed by atoms with E-state index in [0.717, 1.165) is 22.3 Å². The van der Waals surface area contributed by atoms with E-state index in [-0.39, 0.29) is 0 Å². The SMILES string of the molecule is COc1cc(CNn2c(-c3ccccc3)n[nH]c2=S)cc(Cl)c1OCc1ccccc1C. The number of H-pyrrole nitrogens is 1.